The Morgan fingerprint density at radius 3 is 2.93 bits per heavy atom. The SMILES string of the molecule is C=N/C(=C1/c2cc[nH]c2N=CN1N)[C@H]1CC[C@H](CNC[C@H]2CCCO2)CC1. The molecule has 0 aromatic carbocycles. The molecule has 0 spiro atoms. The summed E-state index contributed by atoms with van der Waals surface area (Å²) >= 11 is 0. The molecule has 0 amide bonds. The Bertz CT molecular complexity index is 710. The average molecular weight is 371 g/mol. The molecule has 0 bridgehead atoms. The highest BCUT2D eigenvalue weighted by Crippen LogP contribution is 2.40. The van der Waals surface area contributed by atoms with Crippen LogP contribution in [0.1, 0.15) is 44.1 Å². The molecule has 3 heterocycles. The van der Waals surface area contributed by atoms with E-state index in [4.69, 9.17) is 10.6 Å². The summed E-state index contributed by atoms with van der Waals surface area (Å²) in [5.41, 5.74) is 2.93. The lowest BCUT2D eigenvalue weighted by Crippen LogP contribution is -2.33. The van der Waals surface area contributed by atoms with Crippen molar-refractivity contribution >= 4 is 24.6 Å². The smallest absolute Gasteiger partial charge is 0.141 e. The molecule has 1 saturated heterocycles. The summed E-state index contributed by atoms with van der Waals surface area (Å²) in [4.78, 5) is 11.9. The van der Waals surface area contributed by atoms with Crippen molar-refractivity contribution in [3.05, 3.63) is 23.5 Å². The first-order chi connectivity index (χ1) is 13.3. The quantitative estimate of drug-likeness (QED) is 0.530. The summed E-state index contributed by atoms with van der Waals surface area (Å²) in [6, 6.07) is 2.01. The number of rotatable bonds is 6. The number of aliphatic imine (C=N–C) groups is 2. The number of aromatic amines is 1. The third-order valence-corrected chi connectivity index (χ3v) is 6.03. The number of nitrogens with one attached hydrogen (secondary N) is 2. The third-order valence-electron chi connectivity index (χ3n) is 6.03. The summed E-state index contributed by atoms with van der Waals surface area (Å²) in [5.74, 6) is 8.15. The van der Waals surface area contributed by atoms with E-state index < -0.39 is 0 Å². The zero-order valence-corrected chi connectivity index (χ0v) is 15.9. The van der Waals surface area contributed by atoms with E-state index >= 15 is 0 Å². The van der Waals surface area contributed by atoms with Gasteiger partial charge in [0.15, 0.2) is 0 Å². The lowest BCUT2D eigenvalue weighted by molar-refractivity contribution is 0.108. The second-order valence-corrected chi connectivity index (χ2v) is 7.79. The molecule has 2 fully saturated rings. The molecule has 1 aliphatic carbocycles. The molecular formula is C20H30N6O. The number of H-pyrrole nitrogens is 1. The number of fused-ring (bicyclic) bond motifs is 1. The summed E-state index contributed by atoms with van der Waals surface area (Å²) in [6.45, 7) is 6.84. The van der Waals surface area contributed by atoms with Crippen LogP contribution in [0.15, 0.2) is 27.9 Å². The van der Waals surface area contributed by atoms with Gasteiger partial charge in [-0.05, 0) is 63.8 Å². The van der Waals surface area contributed by atoms with Crippen molar-refractivity contribution in [1.82, 2.24) is 15.3 Å². The Kier molecular flexibility index (Phi) is 5.71. The predicted octanol–water partition coefficient (Wildman–Crippen LogP) is 2.81. The van der Waals surface area contributed by atoms with E-state index in [1.165, 1.54) is 25.7 Å². The van der Waals surface area contributed by atoms with Gasteiger partial charge >= 0.3 is 0 Å². The van der Waals surface area contributed by atoms with E-state index in [-0.39, 0.29) is 0 Å². The number of aromatic nitrogens is 1. The fourth-order valence-corrected chi connectivity index (χ4v) is 4.54. The van der Waals surface area contributed by atoms with Crippen LogP contribution in [0.5, 0.6) is 0 Å². The van der Waals surface area contributed by atoms with E-state index in [9.17, 15) is 0 Å². The maximum Gasteiger partial charge on any atom is 0.141 e. The van der Waals surface area contributed by atoms with E-state index in [1.54, 1.807) is 11.3 Å². The number of allylic oxidation sites excluding steroid dienone is 1. The van der Waals surface area contributed by atoms with Crippen LogP contribution in [-0.2, 0) is 4.74 Å². The maximum atomic E-state index is 6.19. The summed E-state index contributed by atoms with van der Waals surface area (Å²) in [6.07, 6.45) is 11.0. The Balaban J connectivity index is 1.36. The number of hydrazine groups is 1. The molecule has 2 aliphatic heterocycles. The summed E-state index contributed by atoms with van der Waals surface area (Å²) in [5, 5.41) is 5.19. The van der Waals surface area contributed by atoms with Crippen LogP contribution >= 0.6 is 0 Å². The zero-order valence-electron chi connectivity index (χ0n) is 15.9. The lowest BCUT2D eigenvalue weighted by atomic mass is 9.79. The van der Waals surface area contributed by atoms with Crippen LogP contribution in [-0.4, -0.2) is 48.8 Å². The van der Waals surface area contributed by atoms with Gasteiger partial charge in [-0.25, -0.2) is 10.8 Å². The summed E-state index contributed by atoms with van der Waals surface area (Å²) in [7, 11) is 0. The summed E-state index contributed by atoms with van der Waals surface area (Å²) < 4.78 is 5.69. The van der Waals surface area contributed by atoms with Gasteiger partial charge in [0.2, 0.25) is 0 Å². The minimum atomic E-state index is 0.396. The van der Waals surface area contributed by atoms with E-state index in [2.05, 4.69) is 27.0 Å². The molecule has 0 radical (unpaired) electrons. The highest BCUT2D eigenvalue weighted by atomic mass is 16.5. The second-order valence-electron chi connectivity index (χ2n) is 7.79. The van der Waals surface area contributed by atoms with Crippen molar-refractivity contribution in [2.45, 2.75) is 44.6 Å². The molecule has 27 heavy (non-hydrogen) atoms. The van der Waals surface area contributed by atoms with E-state index in [1.807, 2.05) is 12.3 Å². The normalized spacial score (nSPS) is 29.7. The van der Waals surface area contributed by atoms with Crippen LogP contribution in [0.4, 0.5) is 5.82 Å². The Labute approximate surface area is 160 Å². The fraction of sp³-hybridized carbons (Fsp3) is 0.600. The Morgan fingerprint density at radius 1 is 1.33 bits per heavy atom. The van der Waals surface area contributed by atoms with E-state index in [0.717, 1.165) is 61.2 Å². The largest absolute Gasteiger partial charge is 0.377 e. The standard InChI is InChI=1S/C20H30N6O/c1-22-18(19-17-8-9-24-20(17)25-13-26(19)21)15-6-4-14(5-7-15)11-23-12-16-3-2-10-27-16/h8-9,13-16,23-24H,1-7,10-12,21H2/b19-18-/t14-,15-,16-/m1/s1. The van der Waals surface area contributed by atoms with Gasteiger partial charge in [0.1, 0.15) is 12.2 Å². The number of hydrogen-bond donors (Lipinski definition) is 3. The molecular weight excluding hydrogens is 340 g/mol. The minimum Gasteiger partial charge on any atom is -0.377 e. The minimum absolute atomic E-state index is 0.396. The van der Waals surface area contributed by atoms with Crippen molar-refractivity contribution in [2.24, 2.45) is 27.7 Å². The van der Waals surface area contributed by atoms with Gasteiger partial charge < -0.3 is 15.0 Å². The number of hydrogen-bond acceptors (Lipinski definition) is 6. The average Bonchev–Trinajstić information content (AvgIpc) is 3.37. The van der Waals surface area contributed by atoms with Gasteiger partial charge in [0.05, 0.1) is 17.5 Å². The van der Waals surface area contributed by atoms with Crippen molar-refractivity contribution in [2.75, 3.05) is 19.7 Å². The molecule has 4 N–H and O–H groups in total. The van der Waals surface area contributed by atoms with Crippen molar-refractivity contribution in [3.63, 3.8) is 0 Å². The molecule has 146 valence electrons. The first kappa shape index (κ1) is 18.4. The lowest BCUT2D eigenvalue weighted by Gasteiger charge is -2.32. The second kappa shape index (κ2) is 8.37. The topological polar surface area (TPSA) is 91.0 Å². The monoisotopic (exact) mass is 370 g/mol. The Morgan fingerprint density at radius 2 is 2.19 bits per heavy atom. The van der Waals surface area contributed by atoms with Crippen molar-refractivity contribution in [3.8, 4) is 0 Å². The molecule has 4 rings (SSSR count). The number of nitrogens with two attached hydrogens (primary N) is 1. The van der Waals surface area contributed by atoms with Crippen LogP contribution in [0.2, 0.25) is 0 Å². The molecule has 1 saturated carbocycles. The van der Waals surface area contributed by atoms with Gasteiger partial charge in [-0.2, -0.15) is 0 Å². The first-order valence-corrected chi connectivity index (χ1v) is 10.1. The predicted molar refractivity (Wildman–Crippen MR) is 109 cm³/mol. The molecule has 7 heteroatoms. The van der Waals surface area contributed by atoms with Crippen LogP contribution in [0.3, 0.4) is 0 Å². The van der Waals surface area contributed by atoms with Gasteiger partial charge in [0.25, 0.3) is 0 Å². The molecule has 1 aromatic heterocycles. The zero-order chi connectivity index (χ0) is 18.6. The molecule has 7 nitrogen and oxygen atoms in total. The van der Waals surface area contributed by atoms with Gasteiger partial charge in [-0.1, -0.05) is 0 Å². The molecule has 3 aliphatic rings. The van der Waals surface area contributed by atoms with Crippen LogP contribution in [0.25, 0.3) is 5.70 Å². The molecule has 0 unspecified atom stereocenters. The first-order valence-electron chi connectivity index (χ1n) is 10.1. The highest BCUT2D eigenvalue weighted by molar-refractivity contribution is 5.87. The maximum absolute atomic E-state index is 6.19. The molecule has 1 atom stereocenters. The van der Waals surface area contributed by atoms with Gasteiger partial charge in [-0.3, -0.25) is 10.0 Å². The fourth-order valence-electron chi connectivity index (χ4n) is 4.54. The van der Waals surface area contributed by atoms with Crippen LogP contribution in [0, 0.1) is 11.8 Å². The number of nitrogens with zero attached hydrogens (tertiary/aromatic N) is 3. The highest BCUT2D eigenvalue weighted by Gasteiger charge is 2.29. The molecule has 1 aromatic rings. The van der Waals surface area contributed by atoms with Crippen molar-refractivity contribution in [1.29, 1.82) is 0 Å². The third kappa shape index (κ3) is 4.00. The van der Waals surface area contributed by atoms with Gasteiger partial charge in [0, 0.05) is 30.8 Å². The number of ether oxygens (including phenoxy) is 1. The van der Waals surface area contributed by atoms with Crippen molar-refractivity contribution < 1.29 is 4.74 Å². The van der Waals surface area contributed by atoms with Crippen LogP contribution < -0.4 is 11.2 Å². The Hall–Kier alpha value is -1.96. The van der Waals surface area contributed by atoms with E-state index in [0.29, 0.717) is 12.0 Å². The van der Waals surface area contributed by atoms with Gasteiger partial charge in [-0.15, -0.1) is 0 Å².